The SMILES string of the molecule is CC=C(C)C.CCN(CC)C(=O)c1ccc(Br)cc1.CCN(CC)C(=O)c1ccc(N(c2cc(C3OCCO3)ccc2F)C2CCN(Cc3ccccc3)CC2)cc1.CCN(CC)C(=O)c1ccc(N(c2cc(C=O)ccc2F)C2CCN(Cc3ccccc3)CC2)cc1.Fc1ccc(C2OCCO2)cc1Br.Fc1ccc(C2OCCO2)cc1NC1CCN(Cc2ccccc2)CC1.NC1CCN(Cc2ccccc2)CC1. The Labute approximate surface area is 884 Å². The Hall–Kier alpha value is -11.1. The van der Waals surface area contributed by atoms with Crippen LogP contribution in [0.4, 0.5) is 46.0 Å². The van der Waals surface area contributed by atoms with Crippen LogP contribution in [0.2, 0.25) is 0 Å². The number of allylic oxidation sites excluding steroid dienone is 2. The monoisotopic (exact) mass is 2140 g/mol. The molecule has 3 N–H and O–H groups in total. The largest absolute Gasteiger partial charge is 0.380 e. The lowest BCUT2D eigenvalue weighted by Gasteiger charge is -2.40. The second kappa shape index (κ2) is 60.5. The molecule has 11 aromatic rings. The van der Waals surface area contributed by atoms with E-state index in [0.717, 1.165) is 187 Å². The summed E-state index contributed by atoms with van der Waals surface area (Å²) in [6.45, 7) is 37.4. The van der Waals surface area contributed by atoms with E-state index in [1.165, 1.54) is 58.2 Å². The fraction of sp³-hybridized carbons (Fsp3) is 0.400. The van der Waals surface area contributed by atoms with Gasteiger partial charge in [-0.15, -0.1) is 0 Å². The van der Waals surface area contributed by atoms with E-state index in [2.05, 4.69) is 185 Å². The van der Waals surface area contributed by atoms with E-state index in [4.69, 9.17) is 34.2 Å². The molecular formula is C120H147Br2F4N11O10. The minimum atomic E-state index is -0.479. The molecule has 0 saturated carbocycles. The number of piperidine rings is 4. The van der Waals surface area contributed by atoms with Crippen LogP contribution in [0.1, 0.15) is 213 Å². The van der Waals surface area contributed by atoms with Gasteiger partial charge in [0.2, 0.25) is 0 Å². The molecule has 21 nitrogen and oxygen atoms in total. The Morgan fingerprint density at radius 3 is 1.01 bits per heavy atom. The average Bonchev–Trinajstić information content (AvgIpc) is 1.17. The number of ether oxygens (including phenoxy) is 6. The van der Waals surface area contributed by atoms with E-state index in [0.29, 0.717) is 110 Å². The van der Waals surface area contributed by atoms with E-state index in [1.807, 2.05) is 161 Å². The van der Waals surface area contributed by atoms with Gasteiger partial charge in [0.25, 0.3) is 17.7 Å². The zero-order chi connectivity index (χ0) is 104. The molecule has 7 fully saturated rings. The standard InChI is InChI=1S/C32H38FN3O3.C30H34FN3O2.C21H25FN2O2.C12H18N2.C11H14BrNO.C9H8BrFO2.C5H10/c1-3-35(4-2)31(37)25-10-13-27(14-11-25)36(30-22-26(12-15-29(30)33)32-38-20-21-39-32)28-16-18-34(19-17-28)23-24-8-6-5-7-9-24;1-3-33(4-2)30(36)25-11-13-26(14-12-25)34(29-20-24(22-35)10-15-28(29)31)27-16-18-32(19-17-27)21-23-8-6-5-7-9-23;22-19-7-6-17(21-25-12-13-26-21)14-20(19)23-18-8-10-24(11-9-18)15-16-4-2-1-3-5-16;13-12-6-8-14(9-7-12)10-11-4-2-1-3-5-11;1-3-13(4-2)11(14)9-5-7-10(12)8-6-9;10-7-5-6(1-2-8(7)11)9-12-3-4-13-9;1-4-5(2)3/h5-15,22,28,32H,3-4,16-21,23H2,1-2H3;5-15,20,22,27H,3-4,16-19,21H2,1-2H3;1-7,14,18,21,23H,8-13,15H2;1-5,12H,6-10,13H2;5-8H,3-4H2,1-2H3;1-2,5,9H,3-4H2;4H,1-3H3. The second-order valence-electron chi connectivity index (χ2n) is 37.6. The maximum atomic E-state index is 15.5. The molecule has 7 aliphatic heterocycles. The number of benzene rings is 11. The molecule has 7 aliphatic rings. The number of halogens is 6. The second-order valence-corrected chi connectivity index (χ2v) is 39.3. The Bertz CT molecular complexity index is 5800. The number of carbonyl (C=O) groups excluding carboxylic acids is 4. The zero-order valence-corrected chi connectivity index (χ0v) is 89.9. The summed E-state index contributed by atoms with van der Waals surface area (Å²) in [5, 5.41) is 3.38. The summed E-state index contributed by atoms with van der Waals surface area (Å²) >= 11 is 6.45. The molecular weight excluding hydrogens is 1990 g/mol. The first-order valence-electron chi connectivity index (χ1n) is 52.0. The number of anilines is 5. The van der Waals surface area contributed by atoms with Crippen molar-refractivity contribution < 1.29 is 65.2 Å². The summed E-state index contributed by atoms with van der Waals surface area (Å²) in [4.78, 5) is 68.3. The van der Waals surface area contributed by atoms with E-state index in [9.17, 15) is 28.0 Å². The fourth-order valence-corrected chi connectivity index (χ4v) is 19.3. The van der Waals surface area contributed by atoms with Crippen LogP contribution in [0.15, 0.2) is 288 Å². The molecule has 27 heteroatoms. The normalized spacial score (nSPS) is 16.2. The highest BCUT2D eigenvalue weighted by Gasteiger charge is 2.34. The van der Waals surface area contributed by atoms with Crippen molar-refractivity contribution >= 4 is 84.3 Å². The maximum Gasteiger partial charge on any atom is 0.253 e. The number of aldehydes is 1. The number of likely N-dealkylation sites (tertiary alicyclic amines) is 4. The Kier molecular flexibility index (Phi) is 47.2. The lowest BCUT2D eigenvalue weighted by molar-refractivity contribution is -0.0443. The van der Waals surface area contributed by atoms with E-state index < -0.39 is 6.29 Å². The first-order chi connectivity index (χ1) is 71.4. The van der Waals surface area contributed by atoms with Crippen molar-refractivity contribution in [3.05, 3.63) is 372 Å². The molecule has 0 aromatic heterocycles. The van der Waals surface area contributed by atoms with Crippen molar-refractivity contribution in [2.75, 3.05) is 146 Å². The van der Waals surface area contributed by atoms with E-state index in [1.54, 1.807) is 40.1 Å². The lowest BCUT2D eigenvalue weighted by Crippen LogP contribution is -2.43. The Morgan fingerprint density at radius 1 is 0.374 bits per heavy atom. The molecule has 147 heavy (non-hydrogen) atoms. The minimum Gasteiger partial charge on any atom is -0.380 e. The van der Waals surface area contributed by atoms with Crippen LogP contribution in [-0.2, 0) is 54.6 Å². The molecule has 0 spiro atoms. The number of hydrogen-bond acceptors (Lipinski definition) is 18. The highest BCUT2D eigenvalue weighted by molar-refractivity contribution is 9.10. The van der Waals surface area contributed by atoms with Crippen LogP contribution in [0.25, 0.3) is 0 Å². The van der Waals surface area contributed by atoms with Crippen molar-refractivity contribution in [2.24, 2.45) is 5.73 Å². The minimum absolute atomic E-state index is 0.0102. The molecule has 7 heterocycles. The van der Waals surface area contributed by atoms with Gasteiger partial charge in [-0.1, -0.05) is 167 Å². The highest BCUT2D eigenvalue weighted by atomic mass is 79.9. The number of nitrogens with two attached hydrogens (primary N) is 1. The van der Waals surface area contributed by atoms with Gasteiger partial charge in [0, 0.05) is 184 Å². The molecule has 0 aliphatic carbocycles. The molecule has 18 rings (SSSR count). The van der Waals surface area contributed by atoms with Gasteiger partial charge in [0.15, 0.2) is 18.9 Å². The summed E-state index contributed by atoms with van der Waals surface area (Å²) in [6.07, 6.45) is 9.46. The third-order valence-corrected chi connectivity index (χ3v) is 28.4. The quantitative estimate of drug-likeness (QED) is 0.0255. The van der Waals surface area contributed by atoms with Gasteiger partial charge in [-0.2, -0.15) is 0 Å². The van der Waals surface area contributed by atoms with Crippen LogP contribution in [0, 0.1) is 23.3 Å². The molecule has 0 unspecified atom stereocenters. The van der Waals surface area contributed by atoms with E-state index >= 15 is 8.78 Å². The summed E-state index contributed by atoms with van der Waals surface area (Å²) in [6, 6.07) is 84.8. The predicted octanol–water partition coefficient (Wildman–Crippen LogP) is 25.2. The van der Waals surface area contributed by atoms with Crippen LogP contribution < -0.4 is 20.9 Å². The van der Waals surface area contributed by atoms with Gasteiger partial charge >= 0.3 is 0 Å². The number of hydrogen-bond donors (Lipinski definition) is 2. The highest BCUT2D eigenvalue weighted by Crippen LogP contribution is 2.40. The van der Waals surface area contributed by atoms with Gasteiger partial charge < -0.3 is 64.0 Å². The molecule has 7 saturated heterocycles. The molecule has 11 aromatic carbocycles. The first kappa shape index (κ1) is 115. The number of carbonyl (C=O) groups is 4. The van der Waals surface area contributed by atoms with Gasteiger partial charge in [0.1, 0.15) is 29.6 Å². The van der Waals surface area contributed by atoms with Crippen molar-refractivity contribution in [3.63, 3.8) is 0 Å². The third-order valence-electron chi connectivity index (χ3n) is 27.2. The molecule has 3 amide bonds. The number of nitrogens with one attached hydrogen (secondary N) is 1. The number of rotatable bonds is 29. The number of amides is 3. The third kappa shape index (κ3) is 35.3. The Balaban J connectivity index is 0.000000163. The van der Waals surface area contributed by atoms with E-state index in [-0.39, 0.29) is 71.7 Å². The summed E-state index contributed by atoms with van der Waals surface area (Å²) in [5.74, 6) is -1.05. The van der Waals surface area contributed by atoms with Gasteiger partial charge in [-0.05, 0) is 292 Å². The van der Waals surface area contributed by atoms with Crippen molar-refractivity contribution in [1.29, 1.82) is 0 Å². The van der Waals surface area contributed by atoms with Gasteiger partial charge in [0.05, 0.1) is 61.2 Å². The van der Waals surface area contributed by atoms with Crippen molar-refractivity contribution in [1.82, 2.24) is 34.3 Å². The topological polar surface area (TPSA) is 191 Å². The molecule has 0 bridgehead atoms. The first-order valence-corrected chi connectivity index (χ1v) is 53.6. The number of nitrogens with zero attached hydrogens (tertiary/aromatic N) is 9. The fourth-order valence-electron chi connectivity index (χ4n) is 18.7. The summed E-state index contributed by atoms with van der Waals surface area (Å²) < 4.78 is 92.2. The van der Waals surface area contributed by atoms with Crippen LogP contribution in [0.3, 0.4) is 0 Å². The smallest absolute Gasteiger partial charge is 0.253 e. The molecule has 0 radical (unpaired) electrons. The zero-order valence-electron chi connectivity index (χ0n) is 86.7. The van der Waals surface area contributed by atoms with Crippen molar-refractivity contribution in [3.8, 4) is 0 Å². The molecule has 784 valence electrons. The average molecular weight is 2140 g/mol. The van der Waals surface area contributed by atoms with Crippen LogP contribution in [0.5, 0.6) is 0 Å². The van der Waals surface area contributed by atoms with Gasteiger partial charge in [-0.3, -0.25) is 38.8 Å². The van der Waals surface area contributed by atoms with Gasteiger partial charge in [-0.25, -0.2) is 17.6 Å². The van der Waals surface area contributed by atoms with Crippen molar-refractivity contribution in [2.45, 2.75) is 183 Å². The summed E-state index contributed by atoms with van der Waals surface area (Å²) in [7, 11) is 0. The summed E-state index contributed by atoms with van der Waals surface area (Å²) in [5.41, 5.74) is 20.7. The van der Waals surface area contributed by atoms with Crippen LogP contribution in [-0.4, -0.2) is 214 Å². The maximum absolute atomic E-state index is 15.5. The van der Waals surface area contributed by atoms with Crippen LogP contribution >= 0.6 is 31.9 Å². The predicted molar refractivity (Wildman–Crippen MR) is 588 cm³/mol. The molecule has 0 atom stereocenters. The Morgan fingerprint density at radius 2 is 0.673 bits per heavy atom. The lowest BCUT2D eigenvalue weighted by atomic mass is 9.99.